The fourth-order valence-electron chi connectivity index (χ4n) is 2.94. The normalized spacial score (nSPS) is 14.6. The van der Waals surface area contributed by atoms with Crippen LogP contribution in [0, 0.1) is 13.8 Å². The van der Waals surface area contributed by atoms with Crippen LogP contribution in [0.25, 0.3) is 0 Å². The van der Waals surface area contributed by atoms with E-state index in [4.69, 9.17) is 5.73 Å². The number of hydrogen-bond acceptors (Lipinski definition) is 6. The molecule has 2 heterocycles. The Bertz CT molecular complexity index is 742. The number of aryl methyl sites for hydroxylation is 2. The minimum Gasteiger partial charge on any atom is -0.369 e. The Labute approximate surface area is 152 Å². The lowest BCUT2D eigenvalue weighted by molar-refractivity contribution is -0.115. The summed E-state index contributed by atoms with van der Waals surface area (Å²) in [4.78, 5) is 15.5. The number of rotatable bonds is 5. The summed E-state index contributed by atoms with van der Waals surface area (Å²) in [5.74, 6) is 0.755. The van der Waals surface area contributed by atoms with Crippen LogP contribution < -0.4 is 15.5 Å². The molecule has 1 fully saturated rings. The van der Waals surface area contributed by atoms with Crippen LogP contribution in [0.2, 0.25) is 0 Å². The van der Waals surface area contributed by atoms with Crippen LogP contribution in [0.3, 0.4) is 0 Å². The number of primary amides is 1. The van der Waals surface area contributed by atoms with Crippen molar-refractivity contribution < 1.29 is 4.79 Å². The fraction of sp³-hybridized carbons (Fsp3) is 0.389. The number of piperazine rings is 1. The number of carbonyl (C=O) groups is 1. The van der Waals surface area contributed by atoms with Crippen molar-refractivity contribution in [3.63, 3.8) is 0 Å². The van der Waals surface area contributed by atoms with Gasteiger partial charge < -0.3 is 15.5 Å². The fourth-order valence-corrected chi connectivity index (χ4v) is 3.49. The highest BCUT2D eigenvalue weighted by molar-refractivity contribution is 7.99. The first-order valence-corrected chi connectivity index (χ1v) is 9.33. The largest absolute Gasteiger partial charge is 0.369 e. The molecule has 25 heavy (non-hydrogen) atoms. The molecule has 1 saturated heterocycles. The number of benzene rings is 1. The van der Waals surface area contributed by atoms with E-state index in [0.717, 1.165) is 37.0 Å². The predicted molar refractivity (Wildman–Crippen MR) is 102 cm³/mol. The Kier molecular flexibility index (Phi) is 5.43. The van der Waals surface area contributed by atoms with Crippen LogP contribution >= 0.6 is 11.8 Å². The van der Waals surface area contributed by atoms with Gasteiger partial charge in [0.15, 0.2) is 5.82 Å². The van der Waals surface area contributed by atoms with Gasteiger partial charge in [-0.15, -0.1) is 10.2 Å². The summed E-state index contributed by atoms with van der Waals surface area (Å²) in [7, 11) is 0. The second kappa shape index (κ2) is 7.74. The molecule has 0 radical (unpaired) electrons. The van der Waals surface area contributed by atoms with E-state index >= 15 is 0 Å². The maximum atomic E-state index is 10.8. The number of aromatic nitrogens is 2. The number of nitrogens with two attached hydrogens (primary N) is 1. The van der Waals surface area contributed by atoms with Gasteiger partial charge in [-0.3, -0.25) is 4.79 Å². The van der Waals surface area contributed by atoms with E-state index in [1.807, 2.05) is 12.1 Å². The molecule has 1 aromatic carbocycles. The third-order valence-corrected chi connectivity index (χ3v) is 5.24. The second-order valence-corrected chi connectivity index (χ2v) is 7.24. The van der Waals surface area contributed by atoms with E-state index in [1.165, 1.54) is 28.6 Å². The molecule has 2 aromatic rings. The van der Waals surface area contributed by atoms with E-state index in [0.29, 0.717) is 0 Å². The number of thioether (sulfide) groups is 1. The van der Waals surface area contributed by atoms with Crippen LogP contribution in [-0.2, 0) is 4.79 Å². The van der Waals surface area contributed by atoms with E-state index in [2.05, 4.69) is 52.0 Å². The van der Waals surface area contributed by atoms with Gasteiger partial charge in [-0.1, -0.05) is 23.9 Å². The zero-order valence-electron chi connectivity index (χ0n) is 14.6. The SMILES string of the molecule is Cc1ccc(C)c(N2CCN(c3ccc(SCC(N)=O)nn3)CC2)c1. The van der Waals surface area contributed by atoms with Crippen molar-refractivity contribution in [2.45, 2.75) is 18.9 Å². The predicted octanol–water partition coefficient (Wildman–Crippen LogP) is 2.00. The van der Waals surface area contributed by atoms with Crippen LogP contribution in [0.15, 0.2) is 35.4 Å². The van der Waals surface area contributed by atoms with Gasteiger partial charge in [0, 0.05) is 31.9 Å². The molecule has 7 heteroatoms. The van der Waals surface area contributed by atoms with Gasteiger partial charge in [0.25, 0.3) is 0 Å². The number of carbonyl (C=O) groups excluding carboxylic acids is 1. The number of nitrogens with zero attached hydrogens (tertiary/aromatic N) is 4. The molecule has 0 aliphatic carbocycles. The highest BCUT2D eigenvalue weighted by Gasteiger charge is 2.19. The standard InChI is InChI=1S/C18H23N5OS/c1-13-3-4-14(2)15(11-13)22-7-9-23(10-8-22)17-5-6-18(21-20-17)25-12-16(19)24/h3-6,11H,7-10,12H2,1-2H3,(H2,19,24). The molecule has 0 saturated carbocycles. The molecule has 1 aliphatic rings. The molecule has 1 amide bonds. The van der Waals surface area contributed by atoms with Gasteiger partial charge >= 0.3 is 0 Å². The van der Waals surface area contributed by atoms with Gasteiger partial charge in [-0.05, 0) is 43.2 Å². The van der Waals surface area contributed by atoms with E-state index in [-0.39, 0.29) is 11.7 Å². The third kappa shape index (κ3) is 4.42. The van der Waals surface area contributed by atoms with Crippen molar-refractivity contribution in [3.05, 3.63) is 41.5 Å². The summed E-state index contributed by atoms with van der Waals surface area (Å²) < 4.78 is 0. The molecule has 0 spiro atoms. The Balaban J connectivity index is 1.60. The summed E-state index contributed by atoms with van der Waals surface area (Å²) in [6, 6.07) is 10.5. The molecule has 132 valence electrons. The van der Waals surface area contributed by atoms with E-state index in [1.54, 1.807) is 0 Å². The quantitative estimate of drug-likeness (QED) is 0.825. The van der Waals surface area contributed by atoms with Gasteiger partial charge in [0.2, 0.25) is 5.91 Å². The maximum absolute atomic E-state index is 10.8. The van der Waals surface area contributed by atoms with Crippen molar-refractivity contribution >= 4 is 29.2 Å². The van der Waals surface area contributed by atoms with Gasteiger partial charge in [-0.25, -0.2) is 0 Å². The van der Waals surface area contributed by atoms with E-state index in [9.17, 15) is 4.79 Å². The number of anilines is 2. The third-order valence-electron chi connectivity index (χ3n) is 4.30. The lowest BCUT2D eigenvalue weighted by Crippen LogP contribution is -2.47. The molecule has 0 bridgehead atoms. The van der Waals surface area contributed by atoms with Crippen LogP contribution in [0.1, 0.15) is 11.1 Å². The molecule has 0 unspecified atom stereocenters. The Morgan fingerprint density at radius 2 is 1.80 bits per heavy atom. The Morgan fingerprint density at radius 1 is 1.08 bits per heavy atom. The first-order valence-electron chi connectivity index (χ1n) is 8.35. The Hall–Kier alpha value is -2.28. The summed E-state index contributed by atoms with van der Waals surface area (Å²) in [6.45, 7) is 8.04. The van der Waals surface area contributed by atoms with Crippen molar-refractivity contribution in [2.24, 2.45) is 5.73 Å². The highest BCUT2D eigenvalue weighted by Crippen LogP contribution is 2.24. The molecule has 1 aromatic heterocycles. The Morgan fingerprint density at radius 3 is 2.44 bits per heavy atom. The lowest BCUT2D eigenvalue weighted by atomic mass is 10.1. The zero-order chi connectivity index (χ0) is 17.8. The molecule has 6 nitrogen and oxygen atoms in total. The molecular weight excluding hydrogens is 334 g/mol. The van der Waals surface area contributed by atoms with Crippen molar-refractivity contribution in [3.8, 4) is 0 Å². The van der Waals surface area contributed by atoms with Crippen molar-refractivity contribution in [1.29, 1.82) is 0 Å². The molecular formula is C18H23N5OS. The maximum Gasteiger partial charge on any atom is 0.227 e. The summed E-state index contributed by atoms with van der Waals surface area (Å²) in [5.41, 5.74) is 9.07. The van der Waals surface area contributed by atoms with E-state index < -0.39 is 0 Å². The molecule has 2 N–H and O–H groups in total. The molecule has 0 atom stereocenters. The second-order valence-electron chi connectivity index (χ2n) is 6.25. The average Bonchev–Trinajstić information content (AvgIpc) is 2.63. The summed E-state index contributed by atoms with van der Waals surface area (Å²) >= 11 is 1.31. The smallest absolute Gasteiger partial charge is 0.227 e. The summed E-state index contributed by atoms with van der Waals surface area (Å²) in [6.07, 6.45) is 0. The average molecular weight is 357 g/mol. The van der Waals surface area contributed by atoms with Crippen molar-refractivity contribution in [1.82, 2.24) is 10.2 Å². The first kappa shape index (κ1) is 17.5. The van der Waals surface area contributed by atoms with Gasteiger partial charge in [0.1, 0.15) is 5.03 Å². The zero-order valence-corrected chi connectivity index (χ0v) is 15.4. The minimum absolute atomic E-state index is 0.225. The van der Waals surface area contributed by atoms with Crippen LogP contribution in [0.5, 0.6) is 0 Å². The minimum atomic E-state index is -0.349. The number of hydrogen-bond donors (Lipinski definition) is 1. The van der Waals surface area contributed by atoms with Crippen molar-refractivity contribution in [2.75, 3.05) is 41.7 Å². The molecule has 1 aliphatic heterocycles. The lowest BCUT2D eigenvalue weighted by Gasteiger charge is -2.37. The van der Waals surface area contributed by atoms with Crippen LogP contribution in [-0.4, -0.2) is 48.0 Å². The van der Waals surface area contributed by atoms with Gasteiger partial charge in [-0.2, -0.15) is 0 Å². The summed E-state index contributed by atoms with van der Waals surface area (Å²) in [5, 5.41) is 9.19. The highest BCUT2D eigenvalue weighted by atomic mass is 32.2. The first-order chi connectivity index (χ1) is 12.0. The molecule has 3 rings (SSSR count). The monoisotopic (exact) mass is 357 g/mol. The number of amides is 1. The van der Waals surface area contributed by atoms with Crippen LogP contribution in [0.4, 0.5) is 11.5 Å². The topological polar surface area (TPSA) is 75.3 Å². The van der Waals surface area contributed by atoms with Gasteiger partial charge in [0.05, 0.1) is 5.75 Å².